The molecule has 3 rings (SSSR count). The first-order valence-electron chi connectivity index (χ1n) is 9.24. The zero-order chi connectivity index (χ0) is 19.2. The van der Waals surface area contributed by atoms with Crippen LogP contribution < -0.4 is 4.90 Å². The second-order valence-corrected chi connectivity index (χ2v) is 6.57. The van der Waals surface area contributed by atoms with E-state index < -0.39 is 0 Å². The van der Waals surface area contributed by atoms with Crippen molar-refractivity contribution in [3.8, 4) is 0 Å². The molecule has 1 aromatic heterocycles. The van der Waals surface area contributed by atoms with Gasteiger partial charge in [0.25, 0.3) is 5.91 Å². The van der Waals surface area contributed by atoms with Gasteiger partial charge < -0.3 is 14.7 Å². The topological polar surface area (TPSA) is 69.6 Å². The zero-order valence-electron chi connectivity index (χ0n) is 15.8. The summed E-state index contributed by atoms with van der Waals surface area (Å²) in [6.07, 6.45) is 3.19. The summed E-state index contributed by atoms with van der Waals surface area (Å²) in [4.78, 5) is 38.4. The zero-order valence-corrected chi connectivity index (χ0v) is 15.8. The molecule has 1 aliphatic rings. The number of carbonyl (C=O) groups is 2. The van der Waals surface area contributed by atoms with E-state index in [-0.39, 0.29) is 11.8 Å². The molecule has 0 radical (unpaired) electrons. The van der Waals surface area contributed by atoms with Gasteiger partial charge in [0.15, 0.2) is 0 Å². The second kappa shape index (κ2) is 8.62. The first-order valence-corrected chi connectivity index (χ1v) is 9.24. The maximum absolute atomic E-state index is 12.6. The Kier molecular flexibility index (Phi) is 6.01. The van der Waals surface area contributed by atoms with Crippen LogP contribution in [0.4, 0.5) is 5.95 Å². The molecular weight excluding hydrogens is 342 g/mol. The maximum atomic E-state index is 12.6. The fourth-order valence-corrected chi connectivity index (χ4v) is 3.13. The van der Waals surface area contributed by atoms with Gasteiger partial charge in [-0.1, -0.05) is 30.3 Å². The smallest absolute Gasteiger partial charge is 0.257 e. The predicted molar refractivity (Wildman–Crippen MR) is 103 cm³/mol. The van der Waals surface area contributed by atoms with Crippen LogP contribution in [-0.4, -0.2) is 64.3 Å². The highest BCUT2D eigenvalue weighted by molar-refractivity contribution is 5.93. The lowest BCUT2D eigenvalue weighted by atomic mass is 10.2. The molecule has 1 saturated heterocycles. The number of carbonyl (C=O) groups excluding carboxylic acids is 2. The van der Waals surface area contributed by atoms with Gasteiger partial charge in [-0.2, -0.15) is 0 Å². The number of hydrogen-bond acceptors (Lipinski definition) is 5. The average Bonchev–Trinajstić information content (AvgIpc) is 2.72. The van der Waals surface area contributed by atoms with Crippen LogP contribution >= 0.6 is 0 Å². The Morgan fingerprint density at radius 1 is 1.00 bits per heavy atom. The van der Waals surface area contributed by atoms with Gasteiger partial charge in [0.1, 0.15) is 0 Å². The molecule has 0 saturated carbocycles. The van der Waals surface area contributed by atoms with E-state index in [1.54, 1.807) is 29.1 Å². The molecule has 0 bridgehead atoms. The normalized spacial score (nSPS) is 14.1. The highest BCUT2D eigenvalue weighted by atomic mass is 16.2. The molecule has 0 spiro atoms. The predicted octanol–water partition coefficient (Wildman–Crippen LogP) is 1.81. The Morgan fingerprint density at radius 3 is 2.15 bits per heavy atom. The lowest BCUT2D eigenvalue weighted by molar-refractivity contribution is -0.130. The van der Waals surface area contributed by atoms with Crippen molar-refractivity contribution in [1.82, 2.24) is 19.8 Å². The molecule has 1 fully saturated rings. The molecule has 0 atom stereocenters. The van der Waals surface area contributed by atoms with Crippen LogP contribution in [0.3, 0.4) is 0 Å². The summed E-state index contributed by atoms with van der Waals surface area (Å²) in [5, 5.41) is 0. The number of anilines is 1. The summed E-state index contributed by atoms with van der Waals surface area (Å²) in [5.74, 6) is 0.572. The summed E-state index contributed by atoms with van der Waals surface area (Å²) in [6.45, 7) is 7.32. The highest BCUT2D eigenvalue weighted by Crippen LogP contribution is 2.13. The van der Waals surface area contributed by atoms with Gasteiger partial charge in [0, 0.05) is 58.6 Å². The number of hydrogen-bond donors (Lipinski definition) is 0. The van der Waals surface area contributed by atoms with Crippen molar-refractivity contribution in [2.24, 2.45) is 0 Å². The molecular formula is C20H25N5O2. The lowest BCUT2D eigenvalue weighted by Crippen LogP contribution is -2.50. The van der Waals surface area contributed by atoms with E-state index in [0.717, 1.165) is 13.1 Å². The van der Waals surface area contributed by atoms with E-state index in [0.29, 0.717) is 37.7 Å². The van der Waals surface area contributed by atoms with Crippen LogP contribution in [0.25, 0.3) is 0 Å². The van der Waals surface area contributed by atoms with Gasteiger partial charge in [0.2, 0.25) is 11.9 Å². The molecule has 7 nitrogen and oxygen atoms in total. The van der Waals surface area contributed by atoms with Gasteiger partial charge in [-0.3, -0.25) is 9.59 Å². The molecule has 0 N–H and O–H groups in total. The van der Waals surface area contributed by atoms with Crippen molar-refractivity contribution in [2.75, 3.05) is 37.6 Å². The summed E-state index contributed by atoms with van der Waals surface area (Å²) in [6, 6.07) is 10.2. The quantitative estimate of drug-likeness (QED) is 0.806. The molecule has 0 aliphatic carbocycles. The first-order chi connectivity index (χ1) is 13.1. The molecule has 27 heavy (non-hydrogen) atoms. The number of benzene rings is 1. The second-order valence-electron chi connectivity index (χ2n) is 6.57. The summed E-state index contributed by atoms with van der Waals surface area (Å²) in [5.41, 5.74) is 1.66. The van der Waals surface area contributed by atoms with Gasteiger partial charge in [0.05, 0.1) is 5.56 Å². The van der Waals surface area contributed by atoms with E-state index in [1.165, 1.54) is 5.56 Å². The van der Waals surface area contributed by atoms with Gasteiger partial charge >= 0.3 is 0 Å². The molecule has 0 unspecified atom stereocenters. The van der Waals surface area contributed by atoms with Crippen molar-refractivity contribution in [3.05, 3.63) is 53.9 Å². The minimum absolute atomic E-state index is 0.0489. The van der Waals surface area contributed by atoms with E-state index in [2.05, 4.69) is 33.9 Å². The van der Waals surface area contributed by atoms with Gasteiger partial charge in [-0.05, 0) is 12.5 Å². The van der Waals surface area contributed by atoms with E-state index >= 15 is 0 Å². The third kappa shape index (κ3) is 4.61. The largest absolute Gasteiger partial charge is 0.339 e. The van der Waals surface area contributed by atoms with E-state index in [1.807, 2.05) is 18.2 Å². The number of amides is 2. The summed E-state index contributed by atoms with van der Waals surface area (Å²) >= 11 is 0. The maximum Gasteiger partial charge on any atom is 0.257 e. The third-order valence-corrected chi connectivity index (χ3v) is 4.78. The number of aromatic nitrogens is 2. The van der Waals surface area contributed by atoms with Crippen LogP contribution in [0.2, 0.25) is 0 Å². The van der Waals surface area contributed by atoms with Crippen LogP contribution in [0.15, 0.2) is 42.7 Å². The highest BCUT2D eigenvalue weighted by Gasteiger charge is 2.23. The molecule has 7 heteroatoms. The first kappa shape index (κ1) is 18.8. The van der Waals surface area contributed by atoms with Gasteiger partial charge in [-0.15, -0.1) is 0 Å². The van der Waals surface area contributed by atoms with E-state index in [9.17, 15) is 9.59 Å². The van der Waals surface area contributed by atoms with Crippen molar-refractivity contribution < 1.29 is 9.59 Å². The molecule has 2 aromatic rings. The minimum atomic E-state index is -0.0872. The Hall–Kier alpha value is -2.96. The monoisotopic (exact) mass is 367 g/mol. The van der Waals surface area contributed by atoms with Crippen molar-refractivity contribution in [2.45, 2.75) is 20.4 Å². The van der Waals surface area contributed by atoms with Crippen LogP contribution in [0.1, 0.15) is 29.8 Å². The summed E-state index contributed by atoms with van der Waals surface area (Å²) in [7, 11) is 0. The van der Waals surface area contributed by atoms with Crippen LogP contribution in [-0.2, 0) is 11.3 Å². The van der Waals surface area contributed by atoms with Crippen LogP contribution in [0, 0.1) is 0 Å². The number of piperazine rings is 1. The van der Waals surface area contributed by atoms with Crippen molar-refractivity contribution in [1.29, 1.82) is 0 Å². The Morgan fingerprint density at radius 2 is 1.59 bits per heavy atom. The SMILES string of the molecule is CCN(Cc1ccccc1)c1ncc(C(=O)N2CCN(C(C)=O)CC2)cn1. The number of rotatable bonds is 5. The molecule has 142 valence electrons. The van der Waals surface area contributed by atoms with Crippen molar-refractivity contribution >= 4 is 17.8 Å². The van der Waals surface area contributed by atoms with Crippen LogP contribution in [0.5, 0.6) is 0 Å². The van der Waals surface area contributed by atoms with Crippen molar-refractivity contribution in [3.63, 3.8) is 0 Å². The molecule has 1 aliphatic heterocycles. The van der Waals surface area contributed by atoms with E-state index in [4.69, 9.17) is 0 Å². The third-order valence-electron chi connectivity index (χ3n) is 4.78. The Labute approximate surface area is 159 Å². The van der Waals surface area contributed by atoms with Gasteiger partial charge in [-0.25, -0.2) is 9.97 Å². The fraction of sp³-hybridized carbons (Fsp3) is 0.400. The molecule has 2 amide bonds. The molecule has 2 heterocycles. The Balaban J connectivity index is 1.64. The standard InChI is InChI=1S/C20H25N5O2/c1-3-23(15-17-7-5-4-6-8-17)20-21-13-18(14-22-20)19(27)25-11-9-24(10-12-25)16(2)26/h4-8,13-14H,3,9-12,15H2,1-2H3. The molecule has 1 aromatic carbocycles. The number of nitrogens with zero attached hydrogens (tertiary/aromatic N) is 5. The summed E-state index contributed by atoms with van der Waals surface area (Å²) < 4.78 is 0. The minimum Gasteiger partial charge on any atom is -0.339 e. The Bertz CT molecular complexity index is 771. The average molecular weight is 367 g/mol. The fourth-order valence-electron chi connectivity index (χ4n) is 3.13. The lowest BCUT2D eigenvalue weighted by Gasteiger charge is -2.34.